The van der Waals surface area contributed by atoms with Gasteiger partial charge in [-0.15, -0.1) is 0 Å². The molecule has 4 heterocycles. The number of nitrogens with one attached hydrogen (secondary N) is 2. The number of nitrogens with two attached hydrogens (primary N) is 1. The van der Waals surface area contributed by atoms with Crippen molar-refractivity contribution < 1.29 is 32.3 Å². The van der Waals surface area contributed by atoms with Gasteiger partial charge in [-0.25, -0.2) is 23.7 Å². The highest BCUT2D eigenvalue weighted by molar-refractivity contribution is 5.99. The van der Waals surface area contributed by atoms with Gasteiger partial charge in [0.1, 0.15) is 30.1 Å². The Morgan fingerprint density at radius 1 is 1.10 bits per heavy atom. The molecule has 0 aliphatic carbocycles. The van der Waals surface area contributed by atoms with E-state index in [0.29, 0.717) is 41.4 Å². The maximum absolute atomic E-state index is 15.2. The third kappa shape index (κ3) is 5.61. The van der Waals surface area contributed by atoms with E-state index in [2.05, 4.69) is 25.7 Å². The molecule has 1 saturated heterocycles. The van der Waals surface area contributed by atoms with Gasteiger partial charge in [0.2, 0.25) is 5.91 Å². The van der Waals surface area contributed by atoms with Crippen molar-refractivity contribution in [2.24, 2.45) is 0 Å². The van der Waals surface area contributed by atoms with Crippen molar-refractivity contribution in [2.75, 3.05) is 29.5 Å². The summed E-state index contributed by atoms with van der Waals surface area (Å²) in [4.78, 5) is 34.1. The minimum Gasteiger partial charge on any atom is -0.387 e. The quantitative estimate of drug-likeness (QED) is 0.262. The molecule has 5 N–H and O–H groups in total. The number of amides is 3. The van der Waals surface area contributed by atoms with Gasteiger partial charge in [0.15, 0.2) is 5.82 Å². The number of anilines is 3. The van der Waals surface area contributed by atoms with E-state index < -0.39 is 42.1 Å². The Balaban J connectivity index is 1.43. The molecule has 0 spiro atoms. The highest BCUT2D eigenvalue weighted by atomic mass is 19.4. The highest BCUT2D eigenvalue weighted by Crippen LogP contribution is 2.38. The maximum Gasteiger partial charge on any atom is 0.416 e. The number of benzene rings is 1. The fraction of sp³-hybridized carbons (Fsp3) is 0.269. The van der Waals surface area contributed by atoms with Crippen LogP contribution < -0.4 is 16.4 Å². The van der Waals surface area contributed by atoms with Gasteiger partial charge in [0.25, 0.3) is 0 Å². The van der Waals surface area contributed by atoms with Crippen molar-refractivity contribution in [3.63, 3.8) is 0 Å². The Morgan fingerprint density at radius 3 is 2.63 bits per heavy atom. The lowest BCUT2D eigenvalue weighted by atomic mass is 9.98. The summed E-state index contributed by atoms with van der Waals surface area (Å²) in [7, 11) is 0. The number of piperidine rings is 1. The van der Waals surface area contributed by atoms with E-state index in [0.717, 1.165) is 31.2 Å². The van der Waals surface area contributed by atoms with E-state index in [4.69, 9.17) is 5.73 Å². The third-order valence-corrected chi connectivity index (χ3v) is 6.77. The lowest BCUT2D eigenvalue weighted by Gasteiger charge is -2.35. The van der Waals surface area contributed by atoms with Crippen LogP contribution in [0.1, 0.15) is 36.6 Å². The van der Waals surface area contributed by atoms with Gasteiger partial charge in [-0.05, 0) is 55.2 Å². The van der Waals surface area contributed by atoms with Crippen LogP contribution in [0.15, 0.2) is 48.9 Å². The molecule has 214 valence electrons. The molecule has 15 heteroatoms. The topological polar surface area (TPSA) is 151 Å². The van der Waals surface area contributed by atoms with Crippen LogP contribution in [-0.4, -0.2) is 54.7 Å². The first kappa shape index (κ1) is 27.8. The Morgan fingerprint density at radius 2 is 1.90 bits per heavy atom. The molecular weight excluding hydrogens is 548 g/mol. The first-order valence-electron chi connectivity index (χ1n) is 12.5. The van der Waals surface area contributed by atoms with Crippen LogP contribution in [-0.2, 0) is 11.0 Å². The average Bonchev–Trinajstić information content (AvgIpc) is 3.34. The molecule has 1 aliphatic rings. The van der Waals surface area contributed by atoms with Gasteiger partial charge in [-0.1, -0.05) is 6.07 Å². The summed E-state index contributed by atoms with van der Waals surface area (Å²) in [5.41, 5.74) is 6.78. The Labute approximate surface area is 230 Å². The number of nitrogen functional groups attached to an aromatic ring is 1. The number of aromatic nitrogens is 4. The zero-order chi connectivity index (χ0) is 29.3. The van der Waals surface area contributed by atoms with Gasteiger partial charge in [-0.3, -0.25) is 10.1 Å². The second-order valence-corrected chi connectivity index (χ2v) is 9.35. The largest absolute Gasteiger partial charge is 0.416 e. The van der Waals surface area contributed by atoms with Gasteiger partial charge < -0.3 is 21.1 Å². The van der Waals surface area contributed by atoms with Crippen LogP contribution >= 0.6 is 0 Å². The molecular formula is C26H24F4N8O3. The number of nitrogens with zero attached hydrogens (tertiary/aromatic N) is 5. The number of pyridine rings is 1. The van der Waals surface area contributed by atoms with Gasteiger partial charge in [0.05, 0.1) is 23.0 Å². The predicted octanol–water partition coefficient (Wildman–Crippen LogP) is 4.22. The molecule has 3 amide bonds. The van der Waals surface area contributed by atoms with E-state index >= 15 is 4.39 Å². The molecule has 11 nitrogen and oxygen atoms in total. The van der Waals surface area contributed by atoms with Crippen molar-refractivity contribution in [1.29, 1.82) is 0 Å². The van der Waals surface area contributed by atoms with Gasteiger partial charge in [-0.2, -0.15) is 18.3 Å². The SMILES string of the molecule is Nc1ncnn2c(C3CCCCN3C(=O)CO)cc(-c3ccc(NC(=O)Nc4cc(C(F)(F)F)ccn4)c(F)c3)c12. The molecule has 5 rings (SSSR count). The lowest BCUT2D eigenvalue weighted by molar-refractivity contribution is -0.138. The standard InChI is InChI=1S/C26H24F4N8O3/c27-17-9-14(4-5-18(17)35-25(41)36-21-10-15(6-7-32-21)26(28,29)30)16-11-20(38-23(16)24(31)33-13-34-38)19-3-1-2-8-37(19)22(40)12-39/h4-7,9-11,13,19,39H,1-3,8,12H2,(H2,31,33,34)(H2,32,35,36,41). The molecule has 1 atom stereocenters. The van der Waals surface area contributed by atoms with Crippen molar-refractivity contribution in [3.05, 3.63) is 66.0 Å². The zero-order valence-corrected chi connectivity index (χ0v) is 21.3. The van der Waals surface area contributed by atoms with E-state index in [1.54, 1.807) is 15.5 Å². The molecule has 1 unspecified atom stereocenters. The highest BCUT2D eigenvalue weighted by Gasteiger charge is 2.32. The second-order valence-electron chi connectivity index (χ2n) is 9.35. The minimum atomic E-state index is -4.63. The van der Waals surface area contributed by atoms with E-state index in [9.17, 15) is 27.9 Å². The van der Waals surface area contributed by atoms with E-state index in [-0.39, 0.29) is 17.3 Å². The molecule has 0 saturated carbocycles. The summed E-state index contributed by atoms with van der Waals surface area (Å²) < 4.78 is 55.5. The van der Waals surface area contributed by atoms with Crippen LogP contribution in [0.2, 0.25) is 0 Å². The van der Waals surface area contributed by atoms with Crippen molar-refractivity contribution in [2.45, 2.75) is 31.5 Å². The van der Waals surface area contributed by atoms with Gasteiger partial charge in [0, 0.05) is 18.3 Å². The number of fused-ring (bicyclic) bond motifs is 1. The summed E-state index contributed by atoms with van der Waals surface area (Å²) in [6.07, 6.45) is -0.218. The average molecular weight is 573 g/mol. The van der Waals surface area contributed by atoms with Crippen molar-refractivity contribution in [1.82, 2.24) is 24.5 Å². The first-order chi connectivity index (χ1) is 19.6. The summed E-state index contributed by atoms with van der Waals surface area (Å²) in [5, 5.41) is 18.2. The van der Waals surface area contributed by atoms with Crippen LogP contribution in [0.5, 0.6) is 0 Å². The molecule has 1 aromatic carbocycles. The van der Waals surface area contributed by atoms with Crippen LogP contribution in [0.25, 0.3) is 16.6 Å². The van der Waals surface area contributed by atoms with Crippen molar-refractivity contribution >= 4 is 34.8 Å². The normalized spacial score (nSPS) is 15.6. The van der Waals surface area contributed by atoms with E-state index in [1.807, 2.05) is 0 Å². The Hall–Kier alpha value is -4.79. The number of aliphatic hydroxyl groups excluding tert-OH is 1. The number of likely N-dealkylation sites (tertiary alicyclic amines) is 1. The number of halogens is 4. The molecule has 0 bridgehead atoms. The number of alkyl halides is 3. The molecule has 4 aromatic rings. The zero-order valence-electron chi connectivity index (χ0n) is 21.3. The number of carbonyl (C=O) groups is 2. The fourth-order valence-electron chi connectivity index (χ4n) is 4.91. The maximum atomic E-state index is 15.2. The first-order valence-corrected chi connectivity index (χ1v) is 12.5. The molecule has 41 heavy (non-hydrogen) atoms. The number of hydrogen-bond donors (Lipinski definition) is 4. The number of aliphatic hydroxyl groups is 1. The summed E-state index contributed by atoms with van der Waals surface area (Å²) in [6.45, 7) is -0.179. The fourth-order valence-corrected chi connectivity index (χ4v) is 4.91. The predicted molar refractivity (Wildman–Crippen MR) is 140 cm³/mol. The molecule has 1 aliphatic heterocycles. The molecule has 0 radical (unpaired) electrons. The van der Waals surface area contributed by atoms with Crippen LogP contribution in [0.3, 0.4) is 0 Å². The van der Waals surface area contributed by atoms with Gasteiger partial charge >= 0.3 is 12.2 Å². The minimum absolute atomic E-state index is 0.118. The number of carbonyl (C=O) groups excluding carboxylic acids is 2. The number of urea groups is 1. The summed E-state index contributed by atoms with van der Waals surface area (Å²) >= 11 is 0. The number of rotatable bonds is 5. The van der Waals surface area contributed by atoms with Crippen LogP contribution in [0.4, 0.5) is 39.7 Å². The van der Waals surface area contributed by atoms with Crippen molar-refractivity contribution in [3.8, 4) is 11.1 Å². The van der Waals surface area contributed by atoms with Crippen LogP contribution in [0, 0.1) is 5.82 Å². The second kappa shape index (κ2) is 11.0. The van der Waals surface area contributed by atoms with E-state index in [1.165, 1.54) is 18.5 Å². The Kier molecular flexibility index (Phi) is 7.45. The lowest BCUT2D eigenvalue weighted by Crippen LogP contribution is -2.40. The number of hydrogen-bond acceptors (Lipinski definition) is 7. The summed E-state index contributed by atoms with van der Waals surface area (Å²) in [5.74, 6) is -1.50. The summed E-state index contributed by atoms with van der Waals surface area (Å²) in [6, 6.07) is 5.71. The monoisotopic (exact) mass is 572 g/mol. The Bertz CT molecular complexity index is 1620. The molecule has 1 fully saturated rings. The molecule has 3 aromatic heterocycles. The third-order valence-electron chi connectivity index (χ3n) is 6.77. The smallest absolute Gasteiger partial charge is 0.387 e.